The second-order valence-corrected chi connectivity index (χ2v) is 4.50. The van der Waals surface area contributed by atoms with Crippen LogP contribution in [0.3, 0.4) is 0 Å². The molecule has 19 heavy (non-hydrogen) atoms. The van der Waals surface area contributed by atoms with Crippen LogP contribution in [0.1, 0.15) is 24.9 Å². The number of alkyl halides is 2. The first-order chi connectivity index (χ1) is 8.95. The quantitative estimate of drug-likeness (QED) is 0.810. The highest BCUT2D eigenvalue weighted by Gasteiger charge is 2.21. The molecule has 0 aromatic heterocycles. The van der Waals surface area contributed by atoms with Gasteiger partial charge in [0.1, 0.15) is 5.75 Å². The first kappa shape index (κ1) is 15.8. The molecule has 1 atom stereocenters. The second-order valence-electron chi connectivity index (χ2n) is 3.65. The number of carbonyl (C=O) groups is 1. The Morgan fingerprint density at radius 3 is 2.74 bits per heavy atom. The molecule has 0 unspecified atom stereocenters. The number of esters is 1. The van der Waals surface area contributed by atoms with Gasteiger partial charge in [0.25, 0.3) is 0 Å². The minimum atomic E-state index is -2.96. The SMILES string of the molecule is CCOC(=O)C[C@@H](N)c1c(Br)cccc1OC(F)F. The van der Waals surface area contributed by atoms with Crippen molar-refractivity contribution in [2.24, 2.45) is 5.73 Å². The molecule has 0 heterocycles. The highest BCUT2D eigenvalue weighted by atomic mass is 79.9. The number of rotatable bonds is 6. The molecule has 7 heteroatoms. The summed E-state index contributed by atoms with van der Waals surface area (Å²) in [4.78, 5) is 11.4. The van der Waals surface area contributed by atoms with E-state index in [2.05, 4.69) is 20.7 Å². The van der Waals surface area contributed by atoms with E-state index in [4.69, 9.17) is 10.5 Å². The average Bonchev–Trinajstić information content (AvgIpc) is 2.27. The fourth-order valence-electron chi connectivity index (χ4n) is 1.58. The van der Waals surface area contributed by atoms with E-state index >= 15 is 0 Å². The van der Waals surface area contributed by atoms with Crippen molar-refractivity contribution >= 4 is 21.9 Å². The lowest BCUT2D eigenvalue weighted by atomic mass is 10.0. The van der Waals surface area contributed by atoms with E-state index in [1.807, 2.05) is 0 Å². The van der Waals surface area contributed by atoms with Crippen LogP contribution in [0, 0.1) is 0 Å². The third kappa shape index (κ3) is 4.76. The van der Waals surface area contributed by atoms with Gasteiger partial charge in [-0.25, -0.2) is 0 Å². The van der Waals surface area contributed by atoms with Crippen LogP contribution >= 0.6 is 15.9 Å². The zero-order chi connectivity index (χ0) is 14.4. The molecule has 0 aliphatic heterocycles. The van der Waals surface area contributed by atoms with Crippen LogP contribution in [0.15, 0.2) is 22.7 Å². The van der Waals surface area contributed by atoms with Crippen LogP contribution in [-0.2, 0) is 9.53 Å². The molecule has 2 N–H and O–H groups in total. The molecule has 1 aromatic carbocycles. The Labute approximate surface area is 118 Å². The molecule has 0 spiro atoms. The minimum absolute atomic E-state index is 0.0545. The van der Waals surface area contributed by atoms with Gasteiger partial charge in [0.05, 0.1) is 13.0 Å². The van der Waals surface area contributed by atoms with E-state index in [9.17, 15) is 13.6 Å². The molecule has 1 aromatic rings. The Morgan fingerprint density at radius 2 is 2.16 bits per heavy atom. The molecular formula is C12H14BrF2NO3. The van der Waals surface area contributed by atoms with Gasteiger partial charge in [0.2, 0.25) is 0 Å². The summed E-state index contributed by atoms with van der Waals surface area (Å²) in [6, 6.07) is 3.77. The van der Waals surface area contributed by atoms with E-state index in [1.165, 1.54) is 6.07 Å². The van der Waals surface area contributed by atoms with Gasteiger partial charge >= 0.3 is 12.6 Å². The number of halogens is 3. The van der Waals surface area contributed by atoms with Crippen molar-refractivity contribution in [3.63, 3.8) is 0 Å². The summed E-state index contributed by atoms with van der Waals surface area (Å²) in [5.41, 5.74) is 6.16. The molecule has 4 nitrogen and oxygen atoms in total. The van der Waals surface area contributed by atoms with Gasteiger partial charge in [-0.1, -0.05) is 22.0 Å². The zero-order valence-electron chi connectivity index (χ0n) is 10.2. The number of carbonyl (C=O) groups excluding carboxylic acids is 1. The number of ether oxygens (including phenoxy) is 2. The fraction of sp³-hybridized carbons (Fsp3) is 0.417. The lowest BCUT2D eigenvalue weighted by Crippen LogP contribution is -2.19. The molecule has 0 radical (unpaired) electrons. The molecule has 0 bridgehead atoms. The Kier molecular flexibility index (Phi) is 6.17. The number of hydrogen-bond acceptors (Lipinski definition) is 4. The Morgan fingerprint density at radius 1 is 1.47 bits per heavy atom. The molecule has 0 amide bonds. The summed E-state index contributed by atoms with van der Waals surface area (Å²) >= 11 is 3.21. The first-order valence-corrected chi connectivity index (χ1v) is 6.39. The van der Waals surface area contributed by atoms with Gasteiger partial charge in [-0.15, -0.1) is 0 Å². The molecular weight excluding hydrogens is 324 g/mol. The molecule has 0 saturated carbocycles. The minimum Gasteiger partial charge on any atom is -0.466 e. The Bertz CT molecular complexity index is 443. The van der Waals surface area contributed by atoms with Crippen molar-refractivity contribution in [3.8, 4) is 5.75 Å². The van der Waals surface area contributed by atoms with Gasteiger partial charge < -0.3 is 15.2 Å². The molecule has 106 valence electrons. The maximum Gasteiger partial charge on any atom is 0.387 e. The highest BCUT2D eigenvalue weighted by molar-refractivity contribution is 9.10. The van der Waals surface area contributed by atoms with Crippen LogP contribution in [0.2, 0.25) is 0 Å². The Hall–Kier alpha value is -1.21. The molecule has 0 saturated heterocycles. The van der Waals surface area contributed by atoms with Crippen molar-refractivity contribution in [2.45, 2.75) is 26.0 Å². The summed E-state index contributed by atoms with van der Waals surface area (Å²) in [5, 5.41) is 0. The number of hydrogen-bond donors (Lipinski definition) is 1. The van der Waals surface area contributed by atoms with Crippen molar-refractivity contribution < 1.29 is 23.0 Å². The van der Waals surface area contributed by atoms with Crippen LogP contribution in [-0.4, -0.2) is 19.2 Å². The molecule has 0 fully saturated rings. The van der Waals surface area contributed by atoms with E-state index in [-0.39, 0.29) is 18.8 Å². The summed E-state index contributed by atoms with van der Waals surface area (Å²) < 4.78 is 34.3. The predicted molar refractivity (Wildman–Crippen MR) is 69.0 cm³/mol. The monoisotopic (exact) mass is 337 g/mol. The van der Waals surface area contributed by atoms with Gasteiger partial charge in [0, 0.05) is 16.1 Å². The summed E-state index contributed by atoms with van der Waals surface area (Å²) in [6.45, 7) is -1.04. The number of benzene rings is 1. The standard InChI is InChI=1S/C12H14BrF2NO3/c1-2-18-10(17)6-8(16)11-7(13)4-3-5-9(11)19-12(14)15/h3-5,8,12H,2,6,16H2,1H3/t8-/m1/s1. The first-order valence-electron chi connectivity index (χ1n) is 5.60. The van der Waals surface area contributed by atoms with Gasteiger partial charge in [-0.2, -0.15) is 8.78 Å². The molecule has 0 aliphatic rings. The van der Waals surface area contributed by atoms with E-state index in [1.54, 1.807) is 19.1 Å². The third-order valence-electron chi connectivity index (χ3n) is 2.29. The number of nitrogens with two attached hydrogens (primary N) is 1. The normalized spacial score (nSPS) is 12.3. The van der Waals surface area contributed by atoms with Crippen molar-refractivity contribution in [3.05, 3.63) is 28.2 Å². The lowest BCUT2D eigenvalue weighted by Gasteiger charge is -2.17. The van der Waals surface area contributed by atoms with Gasteiger partial charge in [0.15, 0.2) is 0 Å². The summed E-state index contributed by atoms with van der Waals surface area (Å²) in [7, 11) is 0. The summed E-state index contributed by atoms with van der Waals surface area (Å²) in [5.74, 6) is -0.546. The van der Waals surface area contributed by atoms with E-state index < -0.39 is 18.6 Å². The van der Waals surface area contributed by atoms with Crippen molar-refractivity contribution in [1.82, 2.24) is 0 Å². The van der Waals surface area contributed by atoms with Crippen LogP contribution in [0.4, 0.5) is 8.78 Å². The van der Waals surface area contributed by atoms with Crippen LogP contribution in [0.25, 0.3) is 0 Å². The Balaban J connectivity index is 2.93. The molecule has 1 rings (SSSR count). The van der Waals surface area contributed by atoms with Crippen LogP contribution < -0.4 is 10.5 Å². The average molecular weight is 338 g/mol. The van der Waals surface area contributed by atoms with Crippen LogP contribution in [0.5, 0.6) is 5.75 Å². The zero-order valence-corrected chi connectivity index (χ0v) is 11.8. The van der Waals surface area contributed by atoms with Crippen molar-refractivity contribution in [1.29, 1.82) is 0 Å². The van der Waals surface area contributed by atoms with E-state index in [0.29, 0.717) is 10.0 Å². The van der Waals surface area contributed by atoms with Crippen molar-refractivity contribution in [2.75, 3.05) is 6.61 Å². The maximum atomic E-state index is 12.3. The fourth-order valence-corrected chi connectivity index (χ4v) is 2.22. The maximum absolute atomic E-state index is 12.3. The topological polar surface area (TPSA) is 61.5 Å². The largest absolute Gasteiger partial charge is 0.466 e. The summed E-state index contributed by atoms with van der Waals surface area (Å²) in [6.07, 6.45) is -0.115. The predicted octanol–water partition coefficient (Wildman–Crippen LogP) is 3.00. The van der Waals surface area contributed by atoms with Gasteiger partial charge in [-0.05, 0) is 19.1 Å². The van der Waals surface area contributed by atoms with Gasteiger partial charge in [-0.3, -0.25) is 4.79 Å². The van der Waals surface area contributed by atoms with E-state index in [0.717, 1.165) is 0 Å². The smallest absolute Gasteiger partial charge is 0.387 e. The molecule has 0 aliphatic carbocycles. The third-order valence-corrected chi connectivity index (χ3v) is 2.98. The lowest BCUT2D eigenvalue weighted by molar-refractivity contribution is -0.143. The second kappa shape index (κ2) is 7.40. The highest BCUT2D eigenvalue weighted by Crippen LogP contribution is 2.33.